The SMILES string of the molecule is C=C(C)[C@@H](CC)CC[C@@H](C)C1CCC2C3C[C@@H](O)C4=CC(=O)CC[C@]4(C)C3CC[C@@]21C. The molecule has 4 unspecified atom stereocenters. The van der Waals surface area contributed by atoms with Crippen LogP contribution >= 0.6 is 0 Å². The standard InChI is InChI=1S/C29H46O2/c1-7-20(18(2)3)9-8-19(4)23-10-11-24-22-17-27(31)26-16-21(30)12-14-29(26,6)25(22)13-15-28(23,24)5/h16,19-20,22-25,27,31H,2,7-15,17H2,1,3-6H3/t19-,20+,22?,23?,24?,25?,27-,28-,29-/m1/s1. The molecule has 4 aliphatic carbocycles. The molecule has 0 aromatic rings. The number of fused-ring (bicyclic) bond motifs is 5. The van der Waals surface area contributed by atoms with Crippen LogP contribution in [0.25, 0.3) is 0 Å². The van der Waals surface area contributed by atoms with Crippen molar-refractivity contribution in [2.75, 3.05) is 0 Å². The van der Waals surface area contributed by atoms with Crippen LogP contribution in [0.15, 0.2) is 23.8 Å². The Kier molecular flexibility index (Phi) is 6.36. The van der Waals surface area contributed by atoms with E-state index in [-0.39, 0.29) is 11.2 Å². The summed E-state index contributed by atoms with van der Waals surface area (Å²) in [6.07, 6.45) is 13.0. The number of hydrogen-bond donors (Lipinski definition) is 1. The number of rotatable bonds is 6. The molecule has 31 heavy (non-hydrogen) atoms. The Hall–Kier alpha value is -0.890. The summed E-state index contributed by atoms with van der Waals surface area (Å²) in [4.78, 5) is 12.1. The van der Waals surface area contributed by atoms with Crippen LogP contribution in [0.2, 0.25) is 0 Å². The van der Waals surface area contributed by atoms with Gasteiger partial charge < -0.3 is 5.11 Å². The van der Waals surface area contributed by atoms with Gasteiger partial charge in [0, 0.05) is 6.42 Å². The van der Waals surface area contributed by atoms with Gasteiger partial charge in [0.05, 0.1) is 6.10 Å². The summed E-state index contributed by atoms with van der Waals surface area (Å²) in [6.45, 7) is 16.2. The number of aliphatic hydroxyl groups is 1. The van der Waals surface area contributed by atoms with Crippen LogP contribution in [-0.4, -0.2) is 17.0 Å². The lowest BCUT2D eigenvalue weighted by molar-refractivity contribution is -0.119. The van der Waals surface area contributed by atoms with Crippen molar-refractivity contribution in [3.8, 4) is 0 Å². The van der Waals surface area contributed by atoms with E-state index in [1.54, 1.807) is 0 Å². The zero-order valence-corrected chi connectivity index (χ0v) is 20.8. The van der Waals surface area contributed by atoms with Crippen molar-refractivity contribution in [2.24, 2.45) is 46.3 Å². The number of aliphatic hydroxyl groups excluding tert-OH is 1. The molecule has 3 fully saturated rings. The van der Waals surface area contributed by atoms with Crippen molar-refractivity contribution in [1.82, 2.24) is 0 Å². The maximum atomic E-state index is 12.1. The zero-order chi connectivity index (χ0) is 22.6. The Morgan fingerprint density at radius 2 is 1.94 bits per heavy atom. The monoisotopic (exact) mass is 426 g/mol. The van der Waals surface area contributed by atoms with Gasteiger partial charge in [0.1, 0.15) is 0 Å². The summed E-state index contributed by atoms with van der Waals surface area (Å²) in [5, 5.41) is 11.1. The second kappa shape index (κ2) is 8.47. The molecule has 4 aliphatic rings. The first-order chi connectivity index (χ1) is 14.6. The topological polar surface area (TPSA) is 37.3 Å². The van der Waals surface area contributed by atoms with Crippen molar-refractivity contribution >= 4 is 5.78 Å². The Morgan fingerprint density at radius 3 is 2.61 bits per heavy atom. The fourth-order valence-corrected chi connectivity index (χ4v) is 9.05. The Balaban J connectivity index is 1.51. The fraction of sp³-hybridized carbons (Fsp3) is 0.828. The summed E-state index contributed by atoms with van der Waals surface area (Å²) < 4.78 is 0. The van der Waals surface area contributed by atoms with Gasteiger partial charge in [-0.3, -0.25) is 4.79 Å². The van der Waals surface area contributed by atoms with Gasteiger partial charge in [-0.05, 0) is 123 Å². The molecule has 2 nitrogen and oxygen atoms in total. The van der Waals surface area contributed by atoms with E-state index < -0.39 is 6.10 Å². The molecule has 2 heteroatoms. The molecular weight excluding hydrogens is 380 g/mol. The van der Waals surface area contributed by atoms with Crippen LogP contribution in [0.4, 0.5) is 0 Å². The summed E-state index contributed by atoms with van der Waals surface area (Å²) >= 11 is 0. The van der Waals surface area contributed by atoms with Crippen molar-refractivity contribution in [2.45, 2.75) is 105 Å². The van der Waals surface area contributed by atoms with E-state index in [1.165, 1.54) is 50.5 Å². The first kappa shape index (κ1) is 23.3. The molecule has 0 saturated heterocycles. The van der Waals surface area contributed by atoms with E-state index in [4.69, 9.17) is 0 Å². The summed E-state index contributed by atoms with van der Waals surface area (Å²) in [5.41, 5.74) is 2.89. The Bertz CT molecular complexity index is 750. The first-order valence-electron chi connectivity index (χ1n) is 13.2. The van der Waals surface area contributed by atoms with E-state index in [0.717, 1.165) is 36.2 Å². The molecule has 0 aromatic heterocycles. The lowest BCUT2D eigenvalue weighted by atomic mass is 9.46. The highest BCUT2D eigenvalue weighted by Crippen LogP contribution is 2.67. The van der Waals surface area contributed by atoms with Crippen molar-refractivity contribution < 1.29 is 9.90 Å². The van der Waals surface area contributed by atoms with Gasteiger partial charge in [-0.15, -0.1) is 0 Å². The van der Waals surface area contributed by atoms with Crippen LogP contribution in [0.1, 0.15) is 98.8 Å². The number of carbonyl (C=O) groups excluding carboxylic acids is 1. The van der Waals surface area contributed by atoms with Crippen molar-refractivity contribution in [1.29, 1.82) is 0 Å². The molecule has 0 spiro atoms. The van der Waals surface area contributed by atoms with E-state index in [9.17, 15) is 9.90 Å². The first-order valence-corrected chi connectivity index (χ1v) is 13.2. The average Bonchev–Trinajstić information content (AvgIpc) is 3.07. The minimum Gasteiger partial charge on any atom is -0.389 e. The second-order valence-corrected chi connectivity index (χ2v) is 12.3. The average molecular weight is 427 g/mol. The van der Waals surface area contributed by atoms with Gasteiger partial charge in [0.25, 0.3) is 0 Å². The van der Waals surface area contributed by atoms with E-state index >= 15 is 0 Å². The third-order valence-corrected chi connectivity index (χ3v) is 10.9. The molecule has 3 saturated carbocycles. The fourth-order valence-electron chi connectivity index (χ4n) is 9.05. The Morgan fingerprint density at radius 1 is 1.19 bits per heavy atom. The summed E-state index contributed by atoms with van der Waals surface area (Å²) in [7, 11) is 0. The van der Waals surface area contributed by atoms with Crippen LogP contribution in [0.3, 0.4) is 0 Å². The normalized spacial score (nSPS) is 44.0. The molecule has 0 bridgehead atoms. The molecule has 1 N–H and O–H groups in total. The minimum absolute atomic E-state index is 0.0388. The lowest BCUT2D eigenvalue weighted by Gasteiger charge is -2.59. The van der Waals surface area contributed by atoms with Crippen LogP contribution in [-0.2, 0) is 4.79 Å². The molecule has 174 valence electrons. The van der Waals surface area contributed by atoms with E-state index in [0.29, 0.717) is 29.6 Å². The Labute approximate surface area is 191 Å². The van der Waals surface area contributed by atoms with Crippen molar-refractivity contribution in [3.05, 3.63) is 23.8 Å². The molecule has 0 aliphatic heterocycles. The van der Waals surface area contributed by atoms with Crippen LogP contribution in [0.5, 0.6) is 0 Å². The zero-order valence-electron chi connectivity index (χ0n) is 20.8. The highest BCUT2D eigenvalue weighted by molar-refractivity contribution is 5.91. The minimum atomic E-state index is -0.407. The maximum absolute atomic E-state index is 12.1. The smallest absolute Gasteiger partial charge is 0.155 e. The predicted molar refractivity (Wildman–Crippen MR) is 129 cm³/mol. The van der Waals surface area contributed by atoms with Gasteiger partial charge in [0.2, 0.25) is 0 Å². The van der Waals surface area contributed by atoms with Gasteiger partial charge >= 0.3 is 0 Å². The third kappa shape index (κ3) is 3.79. The van der Waals surface area contributed by atoms with Gasteiger partial charge in [-0.1, -0.05) is 39.8 Å². The molecule has 0 amide bonds. The number of allylic oxidation sites excluding steroid dienone is 1. The van der Waals surface area contributed by atoms with Crippen LogP contribution < -0.4 is 0 Å². The second-order valence-electron chi connectivity index (χ2n) is 12.3. The highest BCUT2D eigenvalue weighted by atomic mass is 16.3. The lowest BCUT2D eigenvalue weighted by Crippen LogP contribution is -2.54. The molecule has 0 radical (unpaired) electrons. The molecule has 0 aromatic carbocycles. The number of ketones is 1. The van der Waals surface area contributed by atoms with Crippen molar-refractivity contribution in [3.63, 3.8) is 0 Å². The van der Waals surface area contributed by atoms with Gasteiger partial charge in [-0.25, -0.2) is 0 Å². The van der Waals surface area contributed by atoms with Gasteiger partial charge in [0.15, 0.2) is 5.78 Å². The largest absolute Gasteiger partial charge is 0.389 e. The predicted octanol–water partition coefficient (Wildman–Crippen LogP) is 7.12. The third-order valence-electron chi connectivity index (χ3n) is 10.9. The molecule has 9 atom stereocenters. The highest BCUT2D eigenvalue weighted by Gasteiger charge is 2.60. The number of hydrogen-bond acceptors (Lipinski definition) is 2. The maximum Gasteiger partial charge on any atom is 0.155 e. The van der Waals surface area contributed by atoms with Crippen LogP contribution in [0, 0.1) is 46.3 Å². The molecule has 0 heterocycles. The summed E-state index contributed by atoms with van der Waals surface area (Å²) in [6, 6.07) is 0. The van der Waals surface area contributed by atoms with Gasteiger partial charge in [-0.2, -0.15) is 0 Å². The summed E-state index contributed by atoms with van der Waals surface area (Å²) in [5.74, 6) is 4.50. The van der Waals surface area contributed by atoms with E-state index in [2.05, 4.69) is 41.2 Å². The molecular formula is C29H46O2. The molecule has 4 rings (SSSR count). The van der Waals surface area contributed by atoms with E-state index in [1.807, 2.05) is 6.08 Å². The number of carbonyl (C=O) groups is 1. The quantitative estimate of drug-likeness (QED) is 0.459.